The van der Waals surface area contributed by atoms with Crippen LogP contribution in [0.2, 0.25) is 0 Å². The van der Waals surface area contributed by atoms with Gasteiger partial charge in [0.15, 0.2) is 11.5 Å². The number of hydrogen-bond acceptors (Lipinski definition) is 6. The lowest BCUT2D eigenvalue weighted by molar-refractivity contribution is 0.0594. The van der Waals surface area contributed by atoms with Crippen molar-refractivity contribution >= 4 is 17.5 Å². The minimum atomic E-state index is -0.453. The Morgan fingerprint density at radius 1 is 1.56 bits per heavy atom. The molecule has 6 nitrogen and oxygen atoms in total. The van der Waals surface area contributed by atoms with Crippen LogP contribution in [-0.2, 0) is 4.74 Å². The maximum absolute atomic E-state index is 11.6. The van der Waals surface area contributed by atoms with Crippen LogP contribution in [0.15, 0.2) is 6.07 Å². The molecule has 1 N–H and O–H groups in total. The van der Waals surface area contributed by atoms with E-state index in [0.717, 1.165) is 25.2 Å². The Kier molecular flexibility index (Phi) is 2.50. The number of hydrogen-bond donors (Lipinski definition) is 1. The molecule has 1 atom stereocenters. The van der Waals surface area contributed by atoms with Crippen LogP contribution < -0.4 is 15.0 Å². The van der Waals surface area contributed by atoms with Crippen LogP contribution in [0.1, 0.15) is 16.9 Å². The first-order valence-corrected chi connectivity index (χ1v) is 5.91. The lowest BCUT2D eigenvalue weighted by Gasteiger charge is -2.29. The first kappa shape index (κ1) is 11.1. The van der Waals surface area contributed by atoms with Gasteiger partial charge in [-0.25, -0.2) is 9.78 Å². The van der Waals surface area contributed by atoms with Crippen molar-refractivity contribution in [1.82, 2.24) is 4.98 Å². The number of anilines is 2. The van der Waals surface area contributed by atoms with E-state index in [2.05, 4.69) is 15.2 Å². The van der Waals surface area contributed by atoms with Gasteiger partial charge in [0.2, 0.25) is 0 Å². The second kappa shape index (κ2) is 4.04. The van der Waals surface area contributed by atoms with E-state index in [0.29, 0.717) is 17.6 Å². The number of nitrogens with zero attached hydrogens (tertiary/aromatic N) is 2. The lowest BCUT2D eigenvalue weighted by atomic mass is 10.2. The fraction of sp³-hybridized carbons (Fsp3) is 0.500. The van der Waals surface area contributed by atoms with Crippen molar-refractivity contribution in [3.05, 3.63) is 11.8 Å². The highest BCUT2D eigenvalue weighted by Gasteiger charge is 2.34. The number of pyridine rings is 1. The number of ether oxygens (including phenoxy) is 2. The molecule has 6 heteroatoms. The number of fused-ring (bicyclic) bond motifs is 4. The second-order valence-corrected chi connectivity index (χ2v) is 4.47. The van der Waals surface area contributed by atoms with Crippen molar-refractivity contribution in [2.45, 2.75) is 12.5 Å². The van der Waals surface area contributed by atoms with E-state index in [9.17, 15) is 4.79 Å². The average Bonchev–Trinajstić information content (AvgIpc) is 2.78. The van der Waals surface area contributed by atoms with E-state index in [-0.39, 0.29) is 5.69 Å². The third-order valence-corrected chi connectivity index (χ3v) is 3.42. The molecule has 2 aliphatic heterocycles. The van der Waals surface area contributed by atoms with Crippen molar-refractivity contribution in [2.24, 2.45) is 0 Å². The molecule has 1 saturated heterocycles. The molecule has 1 aromatic heterocycles. The van der Waals surface area contributed by atoms with Gasteiger partial charge in [-0.3, -0.25) is 0 Å². The fourth-order valence-electron chi connectivity index (χ4n) is 2.56. The van der Waals surface area contributed by atoms with Gasteiger partial charge in [0.25, 0.3) is 0 Å². The number of carbonyl (C=O) groups excluding carboxylic acids is 1. The van der Waals surface area contributed by atoms with Crippen molar-refractivity contribution in [2.75, 3.05) is 37.5 Å². The summed E-state index contributed by atoms with van der Waals surface area (Å²) in [5, 5.41) is 3.34. The van der Waals surface area contributed by atoms with Gasteiger partial charge in [-0.1, -0.05) is 0 Å². The smallest absolute Gasteiger partial charge is 0.356 e. The average molecular weight is 249 g/mol. The summed E-state index contributed by atoms with van der Waals surface area (Å²) in [4.78, 5) is 18.1. The van der Waals surface area contributed by atoms with Gasteiger partial charge in [-0.05, 0) is 6.42 Å². The summed E-state index contributed by atoms with van der Waals surface area (Å²) in [6.07, 6.45) is 1.08. The predicted molar refractivity (Wildman–Crippen MR) is 66.4 cm³/mol. The molecule has 3 rings (SSSR count). The van der Waals surface area contributed by atoms with Gasteiger partial charge in [0.1, 0.15) is 11.4 Å². The van der Waals surface area contributed by atoms with E-state index in [1.54, 1.807) is 13.2 Å². The van der Waals surface area contributed by atoms with Crippen LogP contribution in [0, 0.1) is 0 Å². The highest BCUT2D eigenvalue weighted by molar-refractivity contribution is 5.91. The summed E-state index contributed by atoms with van der Waals surface area (Å²) in [5.74, 6) is 0.919. The zero-order valence-corrected chi connectivity index (χ0v) is 10.4. The molecule has 2 bridgehead atoms. The topological polar surface area (TPSA) is 63.7 Å². The highest BCUT2D eigenvalue weighted by atomic mass is 16.5. The Morgan fingerprint density at radius 3 is 3.11 bits per heavy atom. The van der Waals surface area contributed by atoms with E-state index < -0.39 is 5.97 Å². The molecular formula is C12H15N3O3. The fourth-order valence-corrected chi connectivity index (χ4v) is 2.56. The number of methoxy groups -OCH3 is 2. The SMILES string of the molecule is COC(=O)c1cc(OC)c2c(n1)N[C@H]1CCN2C1. The van der Waals surface area contributed by atoms with Crippen LogP contribution in [-0.4, -0.2) is 44.3 Å². The molecule has 18 heavy (non-hydrogen) atoms. The summed E-state index contributed by atoms with van der Waals surface area (Å²) in [6.45, 7) is 1.95. The molecule has 1 fully saturated rings. The summed E-state index contributed by atoms with van der Waals surface area (Å²) in [6, 6.07) is 2.04. The quantitative estimate of drug-likeness (QED) is 0.785. The van der Waals surface area contributed by atoms with E-state index in [1.165, 1.54) is 7.11 Å². The Balaban J connectivity index is 2.10. The number of carbonyl (C=O) groups is 1. The van der Waals surface area contributed by atoms with Crippen LogP contribution in [0.25, 0.3) is 0 Å². The number of rotatable bonds is 2. The molecule has 0 unspecified atom stereocenters. The van der Waals surface area contributed by atoms with Crippen molar-refractivity contribution < 1.29 is 14.3 Å². The Hall–Kier alpha value is -1.98. The van der Waals surface area contributed by atoms with Gasteiger partial charge in [0.05, 0.1) is 14.2 Å². The lowest BCUT2D eigenvalue weighted by Crippen LogP contribution is -2.33. The van der Waals surface area contributed by atoms with Gasteiger partial charge in [0, 0.05) is 25.2 Å². The third-order valence-electron chi connectivity index (χ3n) is 3.42. The zero-order valence-electron chi connectivity index (χ0n) is 10.4. The van der Waals surface area contributed by atoms with E-state index in [4.69, 9.17) is 9.47 Å². The molecule has 0 aliphatic carbocycles. The normalized spacial score (nSPS) is 20.1. The van der Waals surface area contributed by atoms with Crippen molar-refractivity contribution in [3.8, 4) is 5.75 Å². The van der Waals surface area contributed by atoms with Crippen molar-refractivity contribution in [3.63, 3.8) is 0 Å². The zero-order chi connectivity index (χ0) is 12.7. The molecule has 3 heterocycles. The molecule has 0 amide bonds. The summed E-state index contributed by atoms with van der Waals surface area (Å²) >= 11 is 0. The van der Waals surface area contributed by atoms with Gasteiger partial charge in [-0.15, -0.1) is 0 Å². The molecular weight excluding hydrogens is 234 g/mol. The molecule has 0 radical (unpaired) electrons. The second-order valence-electron chi connectivity index (χ2n) is 4.47. The molecule has 0 saturated carbocycles. The van der Waals surface area contributed by atoms with Crippen LogP contribution in [0.3, 0.4) is 0 Å². The molecule has 0 aromatic carbocycles. The van der Waals surface area contributed by atoms with Gasteiger partial charge in [-0.2, -0.15) is 0 Å². The first-order chi connectivity index (χ1) is 8.72. The standard InChI is InChI=1S/C12H15N3O3/c1-17-9-5-8(12(16)18-2)14-11-10(9)15-4-3-7(6-15)13-11/h5,7H,3-4,6H2,1-2H3,(H,13,14)/t7-/m0/s1. The highest BCUT2D eigenvalue weighted by Crippen LogP contribution is 2.41. The molecule has 2 aliphatic rings. The largest absolute Gasteiger partial charge is 0.494 e. The Labute approximate surface area is 105 Å². The van der Waals surface area contributed by atoms with Crippen molar-refractivity contribution in [1.29, 1.82) is 0 Å². The Bertz CT molecular complexity index is 504. The van der Waals surface area contributed by atoms with Crippen LogP contribution in [0.4, 0.5) is 11.5 Å². The minimum absolute atomic E-state index is 0.267. The Morgan fingerprint density at radius 2 is 2.39 bits per heavy atom. The van der Waals surface area contributed by atoms with Crippen LogP contribution >= 0.6 is 0 Å². The number of esters is 1. The first-order valence-electron chi connectivity index (χ1n) is 5.91. The molecule has 0 spiro atoms. The summed E-state index contributed by atoms with van der Waals surface area (Å²) in [5.41, 5.74) is 1.21. The van der Waals surface area contributed by atoms with Crippen LogP contribution in [0.5, 0.6) is 5.75 Å². The number of nitrogens with one attached hydrogen (secondary N) is 1. The molecule has 96 valence electrons. The van der Waals surface area contributed by atoms with Gasteiger partial charge >= 0.3 is 5.97 Å². The third kappa shape index (κ3) is 1.56. The van der Waals surface area contributed by atoms with E-state index >= 15 is 0 Å². The molecule has 1 aromatic rings. The maximum Gasteiger partial charge on any atom is 0.356 e. The minimum Gasteiger partial charge on any atom is -0.494 e. The number of aromatic nitrogens is 1. The maximum atomic E-state index is 11.6. The summed E-state index contributed by atoms with van der Waals surface area (Å²) < 4.78 is 10.1. The summed E-state index contributed by atoms with van der Waals surface area (Å²) in [7, 11) is 2.94. The van der Waals surface area contributed by atoms with E-state index in [1.807, 2.05) is 0 Å². The van der Waals surface area contributed by atoms with Gasteiger partial charge < -0.3 is 19.7 Å². The monoisotopic (exact) mass is 249 g/mol. The predicted octanol–water partition coefficient (Wildman–Crippen LogP) is 0.881.